The van der Waals surface area contributed by atoms with Gasteiger partial charge >= 0.3 is 0 Å². The van der Waals surface area contributed by atoms with E-state index in [1.54, 1.807) is 24.3 Å². The van der Waals surface area contributed by atoms with Gasteiger partial charge in [-0.1, -0.05) is 11.6 Å². The van der Waals surface area contributed by atoms with Crippen molar-refractivity contribution in [3.05, 3.63) is 59.0 Å². The summed E-state index contributed by atoms with van der Waals surface area (Å²) in [6.07, 6.45) is 0.937. The molecule has 0 fully saturated rings. The number of aromatic amines is 1. The zero-order valence-electron chi connectivity index (χ0n) is 19.4. The molecule has 2 aromatic heterocycles. The number of aromatic nitrogens is 4. The van der Waals surface area contributed by atoms with E-state index in [-0.39, 0.29) is 10.7 Å². The van der Waals surface area contributed by atoms with Crippen molar-refractivity contribution in [2.24, 2.45) is 0 Å². The molecule has 12 heteroatoms. The molecule has 0 amide bonds. The molecular formula is C23H25ClFN7O2S. The molecule has 0 bridgehead atoms. The number of halogens is 2. The fourth-order valence-corrected chi connectivity index (χ4v) is 4.92. The summed E-state index contributed by atoms with van der Waals surface area (Å²) in [6.45, 7) is 3.56. The summed E-state index contributed by atoms with van der Waals surface area (Å²) in [6, 6.07) is 9.86. The summed E-state index contributed by atoms with van der Waals surface area (Å²) < 4.78 is 41.7. The van der Waals surface area contributed by atoms with Crippen LogP contribution in [0.5, 0.6) is 0 Å². The van der Waals surface area contributed by atoms with Gasteiger partial charge in [0.05, 0.1) is 11.1 Å². The Balaban J connectivity index is 1.58. The van der Waals surface area contributed by atoms with Gasteiger partial charge in [-0.3, -0.25) is 9.82 Å². The highest BCUT2D eigenvalue weighted by atomic mass is 35.5. The number of nitrogens with one attached hydrogen (secondary N) is 3. The number of benzene rings is 2. The first-order valence-corrected chi connectivity index (χ1v) is 12.7. The molecule has 4 aromatic rings. The lowest BCUT2D eigenvalue weighted by molar-refractivity contribution is 0.405. The van der Waals surface area contributed by atoms with Crippen LogP contribution in [-0.4, -0.2) is 60.7 Å². The van der Waals surface area contributed by atoms with Crippen molar-refractivity contribution < 1.29 is 12.8 Å². The number of H-pyrrole nitrogens is 1. The molecule has 9 nitrogen and oxygen atoms in total. The predicted octanol–water partition coefficient (Wildman–Crippen LogP) is 4.29. The lowest BCUT2D eigenvalue weighted by Crippen LogP contribution is -2.17. The van der Waals surface area contributed by atoms with Crippen LogP contribution < -0.4 is 10.0 Å². The highest BCUT2D eigenvalue weighted by Gasteiger charge is 2.20. The molecule has 0 aliphatic heterocycles. The topological polar surface area (TPSA) is 116 Å². The smallest absolute Gasteiger partial charge is 0.264 e. The second kappa shape index (κ2) is 10.1. The molecule has 0 saturated carbocycles. The number of anilines is 2. The van der Waals surface area contributed by atoms with Crippen LogP contribution >= 0.6 is 11.6 Å². The van der Waals surface area contributed by atoms with Crippen LogP contribution in [0, 0.1) is 12.7 Å². The maximum Gasteiger partial charge on any atom is 0.264 e. The Bertz CT molecular complexity index is 1460. The zero-order valence-corrected chi connectivity index (χ0v) is 21.0. The molecule has 3 N–H and O–H groups in total. The number of aryl methyl sites for hydroxylation is 1. The SMILES string of the molecule is Cc1n[nH]c2nc(-c3ccc(NS(=O)(=O)c4cc(Cl)ccc4F)cc3)nc(NCCCN(C)C)c12. The normalized spacial score (nSPS) is 11.8. The van der Waals surface area contributed by atoms with Gasteiger partial charge in [0.25, 0.3) is 10.0 Å². The van der Waals surface area contributed by atoms with Crippen molar-refractivity contribution in [1.82, 2.24) is 25.1 Å². The Labute approximate surface area is 207 Å². The maximum absolute atomic E-state index is 14.1. The lowest BCUT2D eigenvalue weighted by Gasteiger charge is -2.12. The van der Waals surface area contributed by atoms with E-state index in [0.717, 1.165) is 42.7 Å². The largest absolute Gasteiger partial charge is 0.369 e. The molecule has 0 aliphatic rings. The van der Waals surface area contributed by atoms with Crippen molar-refractivity contribution >= 4 is 44.2 Å². The number of hydrogen-bond acceptors (Lipinski definition) is 7. The number of hydrogen-bond donors (Lipinski definition) is 3. The third kappa shape index (κ3) is 5.69. The first kappa shape index (κ1) is 24.8. The summed E-state index contributed by atoms with van der Waals surface area (Å²) in [5, 5.41) is 11.5. The van der Waals surface area contributed by atoms with Gasteiger partial charge in [-0.05, 0) is 76.4 Å². The van der Waals surface area contributed by atoms with E-state index in [0.29, 0.717) is 22.9 Å². The minimum absolute atomic E-state index is 0.120. The van der Waals surface area contributed by atoms with Gasteiger partial charge in [0.2, 0.25) is 0 Å². The van der Waals surface area contributed by atoms with Gasteiger partial charge in [-0.15, -0.1) is 0 Å². The summed E-state index contributed by atoms with van der Waals surface area (Å²) >= 11 is 5.84. The van der Waals surface area contributed by atoms with Crippen LogP contribution in [0.15, 0.2) is 47.4 Å². The minimum Gasteiger partial charge on any atom is -0.369 e. The molecule has 0 unspecified atom stereocenters. The highest BCUT2D eigenvalue weighted by Crippen LogP contribution is 2.28. The Hall–Kier alpha value is -3.28. The molecule has 2 aromatic carbocycles. The number of nitrogens with zero attached hydrogens (tertiary/aromatic N) is 4. The Morgan fingerprint density at radius 2 is 1.86 bits per heavy atom. The van der Waals surface area contributed by atoms with Crippen molar-refractivity contribution in [1.29, 1.82) is 0 Å². The Morgan fingerprint density at radius 3 is 2.57 bits per heavy atom. The molecule has 0 spiro atoms. The molecule has 35 heavy (non-hydrogen) atoms. The standard InChI is InChI=1S/C23H25ClFN7O2S/c1-14-20-22(26-11-4-12-32(2)3)27-21(28-23(20)30-29-14)15-5-8-17(9-6-15)31-35(33,34)19-13-16(24)7-10-18(19)25/h5-10,13,31H,4,11-12H2,1-3H3,(H2,26,27,28,29,30). The Morgan fingerprint density at radius 1 is 1.11 bits per heavy atom. The van der Waals surface area contributed by atoms with E-state index < -0.39 is 20.7 Å². The van der Waals surface area contributed by atoms with Gasteiger partial charge in [-0.2, -0.15) is 5.10 Å². The van der Waals surface area contributed by atoms with E-state index in [4.69, 9.17) is 16.6 Å². The molecule has 0 aliphatic carbocycles. The van der Waals surface area contributed by atoms with Crippen LogP contribution in [-0.2, 0) is 10.0 Å². The molecule has 2 heterocycles. The van der Waals surface area contributed by atoms with Gasteiger partial charge in [0.15, 0.2) is 11.5 Å². The van der Waals surface area contributed by atoms with E-state index in [1.807, 2.05) is 21.0 Å². The van der Waals surface area contributed by atoms with E-state index in [2.05, 4.69) is 30.1 Å². The van der Waals surface area contributed by atoms with Crippen LogP contribution in [0.25, 0.3) is 22.4 Å². The van der Waals surface area contributed by atoms with Crippen LogP contribution in [0.2, 0.25) is 5.02 Å². The fraction of sp³-hybridized carbons (Fsp3) is 0.261. The quantitative estimate of drug-likeness (QED) is 0.284. The molecule has 0 atom stereocenters. The third-order valence-corrected chi connectivity index (χ3v) is 6.88. The summed E-state index contributed by atoms with van der Waals surface area (Å²) in [7, 11) is -0.115. The van der Waals surface area contributed by atoms with Crippen LogP contribution in [0.3, 0.4) is 0 Å². The van der Waals surface area contributed by atoms with E-state index >= 15 is 0 Å². The van der Waals surface area contributed by atoms with Gasteiger partial charge in [0, 0.05) is 22.8 Å². The van der Waals surface area contributed by atoms with Crippen LogP contribution in [0.4, 0.5) is 15.9 Å². The molecule has 184 valence electrons. The number of rotatable bonds is 9. The monoisotopic (exact) mass is 517 g/mol. The van der Waals surface area contributed by atoms with Crippen molar-refractivity contribution in [3.8, 4) is 11.4 Å². The van der Waals surface area contributed by atoms with Gasteiger partial charge < -0.3 is 10.2 Å². The molecule has 4 rings (SSSR count). The highest BCUT2D eigenvalue weighted by molar-refractivity contribution is 7.92. The third-order valence-electron chi connectivity index (χ3n) is 5.25. The van der Waals surface area contributed by atoms with E-state index in [9.17, 15) is 12.8 Å². The summed E-state index contributed by atoms with van der Waals surface area (Å²) in [5.41, 5.74) is 2.32. The first-order chi connectivity index (χ1) is 16.6. The molecular weight excluding hydrogens is 493 g/mol. The van der Waals surface area contributed by atoms with Crippen LogP contribution in [0.1, 0.15) is 12.1 Å². The van der Waals surface area contributed by atoms with Gasteiger partial charge in [-0.25, -0.2) is 22.8 Å². The summed E-state index contributed by atoms with van der Waals surface area (Å²) in [4.78, 5) is 10.9. The first-order valence-electron chi connectivity index (χ1n) is 10.8. The second-order valence-corrected chi connectivity index (χ2v) is 10.4. The maximum atomic E-state index is 14.1. The van der Waals surface area contributed by atoms with Crippen molar-refractivity contribution in [2.75, 3.05) is 37.2 Å². The van der Waals surface area contributed by atoms with Gasteiger partial charge in [0.1, 0.15) is 16.5 Å². The van der Waals surface area contributed by atoms with E-state index in [1.165, 1.54) is 6.07 Å². The zero-order chi connectivity index (χ0) is 25.2. The number of fused-ring (bicyclic) bond motifs is 1. The predicted molar refractivity (Wildman–Crippen MR) is 136 cm³/mol. The fourth-order valence-electron chi connectivity index (χ4n) is 3.52. The number of sulfonamides is 1. The average molecular weight is 518 g/mol. The molecule has 0 saturated heterocycles. The van der Waals surface area contributed by atoms with Crippen molar-refractivity contribution in [2.45, 2.75) is 18.2 Å². The summed E-state index contributed by atoms with van der Waals surface area (Å²) in [5.74, 6) is 0.239. The second-order valence-electron chi connectivity index (χ2n) is 8.27. The lowest BCUT2D eigenvalue weighted by atomic mass is 10.2. The molecule has 0 radical (unpaired) electrons. The minimum atomic E-state index is -4.16. The van der Waals surface area contributed by atoms with Crippen molar-refractivity contribution in [3.63, 3.8) is 0 Å². The average Bonchev–Trinajstić information content (AvgIpc) is 3.19. The Kier molecular flexibility index (Phi) is 7.20.